The summed E-state index contributed by atoms with van der Waals surface area (Å²) in [5, 5.41) is 0. The van der Waals surface area contributed by atoms with Crippen LogP contribution in [0, 0.1) is 0 Å². The smallest absolute Gasteiger partial charge is 0.844 e. The Balaban J connectivity index is 0. The van der Waals surface area contributed by atoms with Gasteiger partial charge in [0.2, 0.25) is 0 Å². The number of hydrogen-bond donors (Lipinski definition) is 0. The van der Waals surface area contributed by atoms with Gasteiger partial charge in [0.25, 0.3) is 0 Å². The van der Waals surface area contributed by atoms with E-state index in [-0.39, 0.29) is 6.15 Å². The van der Waals surface area contributed by atoms with Crippen molar-refractivity contribution in [2.75, 3.05) is 0 Å². The minimum Gasteiger partial charge on any atom is -0.844 e. The van der Waals surface area contributed by atoms with Crippen molar-refractivity contribution in [3.05, 3.63) is 0 Å². The van der Waals surface area contributed by atoms with Crippen molar-refractivity contribution >= 4 is 18.5 Å². The second kappa shape index (κ2) is 2.42. The van der Waals surface area contributed by atoms with Crippen molar-refractivity contribution in [3.63, 3.8) is 0 Å². The first-order valence-electron chi connectivity index (χ1n) is 0.730. The lowest BCUT2D eigenvalue weighted by molar-refractivity contribution is -0.411. The lowest BCUT2D eigenvalue weighted by Crippen LogP contribution is -2.23. The van der Waals surface area contributed by atoms with Gasteiger partial charge in [-0.2, -0.15) is 11.8 Å². The fraction of sp³-hybridized carbons (Fsp3) is 0. The van der Waals surface area contributed by atoms with E-state index >= 15 is 0 Å². The van der Waals surface area contributed by atoms with Crippen LogP contribution in [0.15, 0.2) is 0 Å². The van der Waals surface area contributed by atoms with Crippen molar-refractivity contribution in [2.24, 2.45) is 0 Å². The van der Waals surface area contributed by atoms with Gasteiger partial charge in [0.15, 0.2) is 0 Å². The maximum Gasteiger partial charge on any atom is 3.00 e. The fourth-order valence-electron chi connectivity index (χ4n) is 0. The Bertz CT molecular complexity index is 56.9. The third-order valence-corrected chi connectivity index (χ3v) is 0. The van der Waals surface area contributed by atoms with E-state index in [1.807, 2.05) is 0 Å². The Morgan fingerprint density at radius 1 is 1.17 bits per heavy atom. The average molecular weight is 125 g/mol. The highest BCUT2D eigenvalue weighted by Crippen LogP contribution is 2.04. The van der Waals surface area contributed by atoms with Crippen LogP contribution in [0.2, 0.25) is 0 Å². The van der Waals surface area contributed by atoms with Crippen molar-refractivity contribution < 1.29 is 14.7 Å². The van der Waals surface area contributed by atoms with Crippen LogP contribution in [-0.2, 0) is 11.8 Å². The Morgan fingerprint density at radius 2 is 1.17 bits per heavy atom. The summed E-state index contributed by atoms with van der Waals surface area (Å²) in [7, 11) is 0. The number of rotatable bonds is 0. The predicted molar refractivity (Wildman–Crippen MR) is 16.4 cm³/mol. The van der Waals surface area contributed by atoms with E-state index in [0.29, 0.717) is 0 Å². The molecule has 0 unspecified atom stereocenters. The molecule has 0 amide bonds. The molecular formula is NO3PS. The monoisotopic (exact) mass is 125 g/mol. The van der Waals surface area contributed by atoms with E-state index in [1.165, 1.54) is 0 Å². The summed E-state index contributed by atoms with van der Waals surface area (Å²) in [6.45, 7) is -4.56. The molecule has 34 valence electrons. The minimum atomic E-state index is -4.56. The zero-order valence-corrected chi connectivity index (χ0v) is 4.24. The summed E-state index contributed by atoms with van der Waals surface area (Å²) in [6, 6.07) is 0. The zero-order chi connectivity index (χ0) is 4.50. The van der Waals surface area contributed by atoms with Gasteiger partial charge < -0.3 is 21.4 Å². The molecule has 6 heteroatoms. The van der Waals surface area contributed by atoms with Gasteiger partial charge in [-0.3, -0.25) is 0 Å². The predicted octanol–water partition coefficient (Wildman–Crippen LogP) is -3.19. The lowest BCUT2D eigenvalue weighted by Gasteiger charge is -2.43. The Morgan fingerprint density at radius 3 is 1.17 bits per heavy atom. The highest BCUT2D eigenvalue weighted by Gasteiger charge is 3.00. The topological polar surface area (TPSA) is 99.7 Å². The van der Waals surface area contributed by atoms with Gasteiger partial charge in [-0.15, -0.1) is 0 Å². The summed E-state index contributed by atoms with van der Waals surface area (Å²) >= 11 is 3.27. The normalized spacial score (nSPS) is 9.83. The number of hydrogen-bond acceptors (Lipinski definition) is 4. The molecule has 0 atom stereocenters. The van der Waals surface area contributed by atoms with Crippen molar-refractivity contribution in [3.8, 4) is 0 Å². The third-order valence-electron chi connectivity index (χ3n) is 0. The van der Waals surface area contributed by atoms with E-state index in [9.17, 15) is 0 Å². The van der Waals surface area contributed by atoms with Crippen LogP contribution in [0.3, 0.4) is 0 Å². The van der Waals surface area contributed by atoms with Crippen LogP contribution in [0.4, 0.5) is 0 Å². The van der Waals surface area contributed by atoms with Gasteiger partial charge in [-0.25, -0.2) is 0 Å². The van der Waals surface area contributed by atoms with E-state index in [2.05, 4.69) is 11.8 Å². The summed E-state index contributed by atoms with van der Waals surface area (Å²) in [5.41, 5.74) is 0. The first-order chi connectivity index (χ1) is 2.00. The van der Waals surface area contributed by atoms with E-state index in [0.717, 1.165) is 0 Å². The first-order valence-corrected chi connectivity index (χ1v) is 3.29. The van der Waals surface area contributed by atoms with Crippen LogP contribution in [0.5, 0.6) is 0 Å². The SMILES string of the molecule is [N+3].[O-]P([O-])([O-])=S. The van der Waals surface area contributed by atoms with Crippen molar-refractivity contribution in [2.45, 2.75) is 0 Å². The van der Waals surface area contributed by atoms with E-state index < -0.39 is 6.72 Å². The Labute approximate surface area is 40.3 Å². The summed E-state index contributed by atoms with van der Waals surface area (Å²) in [4.78, 5) is 26.8. The van der Waals surface area contributed by atoms with Gasteiger partial charge >= 0.3 is 6.15 Å². The minimum absolute atomic E-state index is 0. The second-order valence-corrected chi connectivity index (χ2v) is 2.68. The molecule has 0 fully saturated rings. The van der Waals surface area contributed by atoms with Gasteiger partial charge in [0.1, 0.15) is 0 Å². The van der Waals surface area contributed by atoms with Crippen LogP contribution in [0.25, 0.3) is 0 Å². The molecule has 0 rings (SSSR count). The highest BCUT2D eigenvalue weighted by molar-refractivity contribution is 8.04. The van der Waals surface area contributed by atoms with E-state index in [1.54, 1.807) is 0 Å². The molecule has 0 N–H and O–H groups in total. The molecule has 0 bridgehead atoms. The summed E-state index contributed by atoms with van der Waals surface area (Å²) in [6.07, 6.45) is 0. The van der Waals surface area contributed by atoms with Gasteiger partial charge in [-0.05, 0) is 0 Å². The van der Waals surface area contributed by atoms with Crippen LogP contribution in [-0.4, -0.2) is 0 Å². The molecule has 6 heavy (non-hydrogen) atoms. The third kappa shape index (κ3) is 773. The Hall–Kier alpha value is 0.240. The summed E-state index contributed by atoms with van der Waals surface area (Å²) < 4.78 is 0. The van der Waals surface area contributed by atoms with Gasteiger partial charge in [-0.1, -0.05) is 0 Å². The summed E-state index contributed by atoms with van der Waals surface area (Å²) in [5.74, 6) is 0. The second-order valence-electron chi connectivity index (χ2n) is 0.447. The van der Waals surface area contributed by atoms with Crippen LogP contribution < -0.4 is 20.8 Å². The molecule has 0 saturated heterocycles. The maximum absolute atomic E-state index is 8.92. The quantitative estimate of drug-likeness (QED) is 0.318. The van der Waals surface area contributed by atoms with Crippen molar-refractivity contribution in [1.29, 1.82) is 0 Å². The molecular weight excluding hydrogens is 125 g/mol. The molecule has 0 heterocycles. The van der Waals surface area contributed by atoms with E-state index in [4.69, 9.17) is 14.7 Å². The molecule has 0 aliphatic rings. The molecule has 0 spiro atoms. The van der Waals surface area contributed by atoms with Crippen molar-refractivity contribution in [1.82, 2.24) is 6.15 Å². The first kappa shape index (κ1) is 9.53. The molecule has 2 radical (unpaired) electrons. The average Bonchev–Trinajstić information content (AvgIpc) is 0.722. The van der Waals surface area contributed by atoms with Crippen LogP contribution >= 0.6 is 6.72 Å². The largest absolute Gasteiger partial charge is 3.00 e. The molecule has 0 aliphatic carbocycles. The van der Waals surface area contributed by atoms with Crippen LogP contribution in [0.1, 0.15) is 0 Å². The maximum atomic E-state index is 8.92. The molecule has 0 aromatic heterocycles. The molecule has 4 nitrogen and oxygen atoms in total. The molecule has 0 aliphatic heterocycles. The molecule has 0 saturated carbocycles. The zero-order valence-electron chi connectivity index (χ0n) is 2.53. The molecule has 0 aromatic carbocycles. The Kier molecular flexibility index (Phi) is 3.84. The van der Waals surface area contributed by atoms with Gasteiger partial charge in [0, 0.05) is 0 Å². The fourth-order valence-corrected chi connectivity index (χ4v) is 0. The standard InChI is InChI=1S/N.H3O3PS/c;1-4(2,3)5/h;(H3,1,2,3,5)/q+3;/p-3. The number of nitrogens with zero attached hydrogens (tertiary/aromatic N) is 1. The molecule has 0 aromatic rings. The lowest BCUT2D eigenvalue weighted by atomic mass is 14.0. The van der Waals surface area contributed by atoms with Gasteiger partial charge in [0.05, 0.1) is 0 Å². The highest BCUT2D eigenvalue weighted by atomic mass is 32.5.